The quantitative estimate of drug-likeness (QED) is 0.353. The number of alkyl halides is 3. The Morgan fingerprint density at radius 1 is 1.21 bits per heavy atom. The number of carbonyl (C=O) groups is 3. The first-order valence-electron chi connectivity index (χ1n) is 11.0. The van der Waals surface area contributed by atoms with Crippen LogP contribution >= 0.6 is 23.4 Å². The number of urea groups is 1. The van der Waals surface area contributed by atoms with Crippen molar-refractivity contribution in [3.05, 3.63) is 58.9 Å². The van der Waals surface area contributed by atoms with Crippen LogP contribution in [-0.4, -0.2) is 51.5 Å². The van der Waals surface area contributed by atoms with E-state index in [9.17, 15) is 27.6 Å². The highest BCUT2D eigenvalue weighted by atomic mass is 35.5. The van der Waals surface area contributed by atoms with E-state index in [1.807, 2.05) is 0 Å². The smallest absolute Gasteiger partial charge is 0.416 e. The Kier molecular flexibility index (Phi) is 8.11. The van der Waals surface area contributed by atoms with E-state index < -0.39 is 35.6 Å². The number of carbonyl (C=O) groups excluding carboxylic acids is 3. The molecule has 1 aromatic heterocycles. The molecule has 2 aromatic carbocycles. The Hall–Kier alpha value is -3.78. The van der Waals surface area contributed by atoms with Gasteiger partial charge in [0.2, 0.25) is 11.8 Å². The molecule has 2 heterocycles. The minimum absolute atomic E-state index is 0.0430. The van der Waals surface area contributed by atoms with Gasteiger partial charge in [0.05, 0.1) is 29.1 Å². The van der Waals surface area contributed by atoms with E-state index in [2.05, 4.69) is 26.1 Å². The van der Waals surface area contributed by atoms with Crippen molar-refractivity contribution < 1.29 is 32.3 Å². The Balaban J connectivity index is 1.54. The van der Waals surface area contributed by atoms with Crippen molar-refractivity contribution in [3.8, 4) is 11.4 Å². The fraction of sp³-hybridized carbons (Fsp3) is 0.261. The zero-order valence-corrected chi connectivity index (χ0v) is 21.2. The number of ether oxygens (including phenoxy) is 1. The Morgan fingerprint density at radius 3 is 2.61 bits per heavy atom. The number of aromatic nitrogens is 3. The number of amides is 4. The van der Waals surface area contributed by atoms with Crippen LogP contribution in [0.5, 0.6) is 5.75 Å². The summed E-state index contributed by atoms with van der Waals surface area (Å²) in [6.45, 7) is 0. The third-order valence-electron chi connectivity index (χ3n) is 5.38. The molecular weight excluding hydrogens is 549 g/mol. The molecule has 200 valence electrons. The van der Waals surface area contributed by atoms with Crippen molar-refractivity contribution in [2.75, 3.05) is 18.2 Å². The monoisotopic (exact) mass is 568 g/mol. The first-order valence-corrected chi connectivity index (χ1v) is 12.4. The maximum Gasteiger partial charge on any atom is 0.416 e. The summed E-state index contributed by atoms with van der Waals surface area (Å²) in [5.74, 6) is -0.235. The molecule has 3 aromatic rings. The second-order valence-corrected chi connectivity index (χ2v) is 9.44. The summed E-state index contributed by atoms with van der Waals surface area (Å²) in [6, 6.07) is 8.42. The zero-order valence-electron chi connectivity index (χ0n) is 19.6. The number of imide groups is 1. The molecule has 0 radical (unpaired) electrons. The van der Waals surface area contributed by atoms with Gasteiger partial charge >= 0.3 is 12.2 Å². The summed E-state index contributed by atoms with van der Waals surface area (Å²) in [5, 5.41) is 15.8. The summed E-state index contributed by atoms with van der Waals surface area (Å²) in [5.41, 5.74) is -0.492. The zero-order chi connectivity index (χ0) is 27.4. The number of hydrogen-bond acceptors (Lipinski definition) is 7. The van der Waals surface area contributed by atoms with Gasteiger partial charge in [0.25, 0.3) is 0 Å². The molecule has 1 saturated heterocycles. The number of nitrogens with one attached hydrogen (secondary N) is 3. The standard InChI is InChI=1S/C23H20ClF3N6O4S/c1-37-15-5-3-14(4-6-15)33-18(9-13-10-19(34)30-21(36)28-13)31-32-22(33)38-11-20(35)29-17-8-12(23(25,26)27)2-7-16(17)24/h2-8,13H,9-11H2,1H3,(H,29,35)(H2,28,30,34,36). The molecule has 4 amide bonds. The molecule has 1 aliphatic heterocycles. The maximum atomic E-state index is 13.0. The van der Waals surface area contributed by atoms with E-state index in [0.29, 0.717) is 22.4 Å². The molecule has 15 heteroatoms. The van der Waals surface area contributed by atoms with Gasteiger partial charge in [0.15, 0.2) is 5.16 Å². The van der Waals surface area contributed by atoms with Gasteiger partial charge in [-0.25, -0.2) is 4.79 Å². The van der Waals surface area contributed by atoms with Crippen LogP contribution in [0.25, 0.3) is 5.69 Å². The molecule has 38 heavy (non-hydrogen) atoms. The third-order valence-corrected chi connectivity index (χ3v) is 6.64. The first-order chi connectivity index (χ1) is 18.0. The molecule has 3 N–H and O–H groups in total. The lowest BCUT2D eigenvalue weighted by molar-refractivity contribution is -0.137. The molecule has 1 aliphatic rings. The fourth-order valence-electron chi connectivity index (χ4n) is 3.65. The van der Waals surface area contributed by atoms with Crippen LogP contribution in [-0.2, 0) is 22.2 Å². The molecular formula is C23H20ClF3N6O4S. The number of methoxy groups -OCH3 is 1. The van der Waals surface area contributed by atoms with Gasteiger partial charge in [-0.15, -0.1) is 10.2 Å². The molecule has 0 spiro atoms. The predicted molar refractivity (Wildman–Crippen MR) is 133 cm³/mol. The average Bonchev–Trinajstić information content (AvgIpc) is 3.25. The number of halogens is 4. The SMILES string of the molecule is COc1ccc(-n2c(CC3CC(=O)NC(=O)N3)nnc2SCC(=O)Nc2cc(C(F)(F)F)ccc2Cl)cc1. The van der Waals surface area contributed by atoms with Crippen molar-refractivity contribution in [2.45, 2.75) is 30.2 Å². The van der Waals surface area contributed by atoms with Crippen LogP contribution in [0, 0.1) is 0 Å². The van der Waals surface area contributed by atoms with Gasteiger partial charge in [-0.3, -0.25) is 19.5 Å². The van der Waals surface area contributed by atoms with E-state index >= 15 is 0 Å². The van der Waals surface area contributed by atoms with Crippen LogP contribution in [0.1, 0.15) is 17.8 Å². The minimum Gasteiger partial charge on any atom is -0.497 e. The van der Waals surface area contributed by atoms with E-state index in [-0.39, 0.29) is 29.3 Å². The second kappa shape index (κ2) is 11.3. The number of benzene rings is 2. The fourth-order valence-corrected chi connectivity index (χ4v) is 4.58. The van der Waals surface area contributed by atoms with Crippen LogP contribution in [0.3, 0.4) is 0 Å². The van der Waals surface area contributed by atoms with Gasteiger partial charge < -0.3 is 15.4 Å². The Bertz CT molecular complexity index is 1350. The molecule has 1 atom stereocenters. The van der Waals surface area contributed by atoms with Crippen molar-refractivity contribution in [3.63, 3.8) is 0 Å². The topological polar surface area (TPSA) is 127 Å². The van der Waals surface area contributed by atoms with Crippen molar-refractivity contribution in [2.24, 2.45) is 0 Å². The number of hydrogen-bond donors (Lipinski definition) is 3. The molecule has 4 rings (SSSR count). The first kappa shape index (κ1) is 27.3. The molecule has 0 saturated carbocycles. The Labute approximate surface area is 223 Å². The second-order valence-electron chi connectivity index (χ2n) is 8.09. The number of anilines is 1. The van der Waals surface area contributed by atoms with E-state index in [1.54, 1.807) is 28.8 Å². The van der Waals surface area contributed by atoms with Gasteiger partial charge in [-0.1, -0.05) is 23.4 Å². The highest BCUT2D eigenvalue weighted by Gasteiger charge is 2.31. The lowest BCUT2D eigenvalue weighted by Gasteiger charge is -2.23. The van der Waals surface area contributed by atoms with Gasteiger partial charge in [-0.05, 0) is 42.5 Å². The number of nitrogens with zero attached hydrogens (tertiary/aromatic N) is 3. The van der Waals surface area contributed by atoms with Crippen molar-refractivity contribution in [1.29, 1.82) is 0 Å². The highest BCUT2D eigenvalue weighted by molar-refractivity contribution is 7.99. The summed E-state index contributed by atoms with van der Waals surface area (Å²) in [6.07, 6.45) is -4.38. The molecule has 0 bridgehead atoms. The molecule has 1 unspecified atom stereocenters. The van der Waals surface area contributed by atoms with Crippen LogP contribution in [0.2, 0.25) is 5.02 Å². The average molecular weight is 569 g/mol. The van der Waals surface area contributed by atoms with Crippen LogP contribution in [0.15, 0.2) is 47.6 Å². The summed E-state index contributed by atoms with van der Waals surface area (Å²) in [4.78, 5) is 36.1. The molecule has 1 fully saturated rings. The minimum atomic E-state index is -4.59. The summed E-state index contributed by atoms with van der Waals surface area (Å²) < 4.78 is 46.0. The highest BCUT2D eigenvalue weighted by Crippen LogP contribution is 2.34. The molecule has 0 aliphatic carbocycles. The van der Waals surface area contributed by atoms with Crippen molar-refractivity contribution >= 4 is 46.9 Å². The normalized spacial score (nSPS) is 15.6. The molecule has 10 nitrogen and oxygen atoms in total. The summed E-state index contributed by atoms with van der Waals surface area (Å²) in [7, 11) is 1.52. The number of thioether (sulfide) groups is 1. The maximum absolute atomic E-state index is 13.0. The van der Waals surface area contributed by atoms with Gasteiger partial charge in [0, 0.05) is 24.6 Å². The predicted octanol–water partition coefficient (Wildman–Crippen LogP) is 3.82. The largest absolute Gasteiger partial charge is 0.497 e. The van der Waals surface area contributed by atoms with Crippen molar-refractivity contribution in [1.82, 2.24) is 25.4 Å². The van der Waals surface area contributed by atoms with Crippen LogP contribution in [0.4, 0.5) is 23.7 Å². The van der Waals surface area contributed by atoms with E-state index in [1.165, 1.54) is 7.11 Å². The Morgan fingerprint density at radius 2 is 1.95 bits per heavy atom. The van der Waals surface area contributed by atoms with E-state index in [4.69, 9.17) is 16.3 Å². The third kappa shape index (κ3) is 6.55. The van der Waals surface area contributed by atoms with E-state index in [0.717, 1.165) is 30.0 Å². The van der Waals surface area contributed by atoms with Gasteiger partial charge in [0.1, 0.15) is 11.6 Å². The lowest BCUT2D eigenvalue weighted by atomic mass is 10.1. The van der Waals surface area contributed by atoms with Gasteiger partial charge in [-0.2, -0.15) is 13.2 Å². The summed E-state index contributed by atoms with van der Waals surface area (Å²) >= 11 is 6.96. The van der Waals surface area contributed by atoms with Crippen LogP contribution < -0.4 is 20.7 Å². The number of rotatable bonds is 8. The lowest BCUT2D eigenvalue weighted by Crippen LogP contribution is -2.53.